The molecule has 0 spiro atoms. The van der Waals surface area contributed by atoms with Gasteiger partial charge in [-0.05, 0) is 35.7 Å². The predicted octanol–water partition coefficient (Wildman–Crippen LogP) is 2.69. The minimum atomic E-state index is -0.592. The second-order valence-electron chi connectivity index (χ2n) is 9.39. The van der Waals surface area contributed by atoms with Crippen LogP contribution < -0.4 is 4.90 Å². The third kappa shape index (κ3) is 4.56. The van der Waals surface area contributed by atoms with E-state index in [1.54, 1.807) is 7.05 Å². The Morgan fingerprint density at radius 2 is 1.74 bits per heavy atom. The molecule has 2 aromatic carbocycles. The predicted molar refractivity (Wildman–Crippen MR) is 137 cm³/mol. The number of halogens is 1. The average molecular weight is 494 g/mol. The van der Waals surface area contributed by atoms with Crippen molar-refractivity contribution in [2.24, 2.45) is 4.99 Å². The van der Waals surface area contributed by atoms with Crippen LogP contribution in [0.3, 0.4) is 0 Å². The summed E-state index contributed by atoms with van der Waals surface area (Å²) in [7, 11) is 3.23. The number of piperazine rings is 1. The van der Waals surface area contributed by atoms with Crippen molar-refractivity contribution in [3.05, 3.63) is 64.7 Å². The first-order chi connectivity index (χ1) is 16.8. The van der Waals surface area contributed by atoms with E-state index < -0.39 is 6.04 Å². The van der Waals surface area contributed by atoms with Crippen LogP contribution in [0, 0.1) is 6.92 Å². The Balaban J connectivity index is 1.39. The van der Waals surface area contributed by atoms with Crippen LogP contribution in [0.2, 0.25) is 5.02 Å². The number of benzene rings is 2. The van der Waals surface area contributed by atoms with E-state index >= 15 is 0 Å². The molecule has 3 aliphatic rings. The first-order valence-corrected chi connectivity index (χ1v) is 12.2. The third-order valence-corrected chi connectivity index (χ3v) is 7.19. The van der Waals surface area contributed by atoms with Crippen LogP contribution in [-0.4, -0.2) is 95.7 Å². The van der Waals surface area contributed by atoms with Crippen LogP contribution in [0.25, 0.3) is 0 Å². The van der Waals surface area contributed by atoms with Crippen molar-refractivity contribution >= 4 is 40.9 Å². The van der Waals surface area contributed by atoms with Gasteiger partial charge in [-0.25, -0.2) is 9.37 Å². The van der Waals surface area contributed by atoms with Crippen molar-refractivity contribution < 1.29 is 14.2 Å². The van der Waals surface area contributed by atoms with Gasteiger partial charge in [0.05, 0.1) is 0 Å². The molecule has 0 aromatic heterocycles. The molecule has 3 aliphatic heterocycles. The Morgan fingerprint density at radius 3 is 2.46 bits per heavy atom. The zero-order valence-electron chi connectivity index (χ0n) is 20.3. The second-order valence-corrected chi connectivity index (χ2v) is 9.82. The number of amides is 3. The molecule has 1 unspecified atom stereocenters. The van der Waals surface area contributed by atoms with Gasteiger partial charge in [-0.15, -0.1) is 0 Å². The maximum atomic E-state index is 13.2. The maximum absolute atomic E-state index is 13.2. The Kier molecular flexibility index (Phi) is 6.34. The molecule has 3 heterocycles. The first kappa shape index (κ1) is 23.5. The molecule has 9 heteroatoms. The van der Waals surface area contributed by atoms with Gasteiger partial charge in [-0.2, -0.15) is 0 Å². The Hall–Kier alpha value is -3.23. The monoisotopic (exact) mass is 493 g/mol. The summed E-state index contributed by atoms with van der Waals surface area (Å²) in [6, 6.07) is 15.3. The highest BCUT2D eigenvalue weighted by Gasteiger charge is 2.53. The smallest absolute Gasteiger partial charge is 0.333 e. The zero-order chi connectivity index (χ0) is 24.7. The lowest BCUT2D eigenvalue weighted by molar-refractivity contribution is -0.552. The SMILES string of the molecule is Cc1cccc(C[N+]2=C(CN3CCN(c4cccc(Cl)c4)CC3)N=C3C2C(=O)N(C)C(=O)N3C)c1. The van der Waals surface area contributed by atoms with Crippen LogP contribution in [0.1, 0.15) is 11.1 Å². The summed E-state index contributed by atoms with van der Waals surface area (Å²) in [4.78, 5) is 38.0. The molecule has 5 rings (SSSR count). The van der Waals surface area contributed by atoms with E-state index in [1.807, 2.05) is 24.3 Å². The van der Waals surface area contributed by atoms with E-state index in [2.05, 4.69) is 45.6 Å². The molecule has 3 amide bonds. The van der Waals surface area contributed by atoms with Gasteiger partial charge >= 0.3 is 11.9 Å². The summed E-state index contributed by atoms with van der Waals surface area (Å²) in [5, 5.41) is 0.741. The molecule has 182 valence electrons. The summed E-state index contributed by atoms with van der Waals surface area (Å²) in [6.45, 7) is 6.73. The molecule has 8 nitrogen and oxygen atoms in total. The van der Waals surface area contributed by atoms with E-state index in [-0.39, 0.29) is 11.9 Å². The van der Waals surface area contributed by atoms with Gasteiger partial charge in [0.2, 0.25) is 0 Å². The standard InChI is InChI=1S/C26H30ClN6O2/c1-18-6-4-7-19(14-18)16-33-22(28-24-23(33)25(34)30(3)26(35)29(24)2)17-31-10-12-32(13-11-31)21-9-5-8-20(27)15-21/h4-9,14-15,23H,10-13,16-17H2,1-3H3/q+1. The molecule has 1 atom stereocenters. The number of carbonyl (C=O) groups is 2. The largest absolute Gasteiger partial charge is 0.369 e. The van der Waals surface area contributed by atoms with Gasteiger partial charge in [0.25, 0.3) is 17.8 Å². The number of imide groups is 1. The molecule has 2 fully saturated rings. The fourth-order valence-corrected chi connectivity index (χ4v) is 5.19. The lowest BCUT2D eigenvalue weighted by Crippen LogP contribution is -2.61. The third-order valence-electron chi connectivity index (χ3n) is 6.96. The van der Waals surface area contributed by atoms with Crippen LogP contribution in [0.5, 0.6) is 0 Å². The summed E-state index contributed by atoms with van der Waals surface area (Å²) >= 11 is 6.18. The van der Waals surface area contributed by atoms with E-state index in [1.165, 1.54) is 22.4 Å². The van der Waals surface area contributed by atoms with Crippen LogP contribution >= 0.6 is 11.6 Å². The molecule has 2 aromatic rings. The maximum Gasteiger partial charge on any atom is 0.333 e. The Bertz CT molecular complexity index is 1230. The number of aryl methyl sites for hydroxylation is 1. The van der Waals surface area contributed by atoms with Gasteiger partial charge in [0.15, 0.2) is 0 Å². The van der Waals surface area contributed by atoms with E-state index in [0.29, 0.717) is 18.9 Å². The van der Waals surface area contributed by atoms with E-state index in [4.69, 9.17) is 16.6 Å². The zero-order valence-corrected chi connectivity index (χ0v) is 21.1. The number of anilines is 1. The Morgan fingerprint density at radius 1 is 1.00 bits per heavy atom. The van der Waals surface area contributed by atoms with Gasteiger partial charge in [-0.1, -0.05) is 47.5 Å². The van der Waals surface area contributed by atoms with Crippen LogP contribution in [0.15, 0.2) is 53.5 Å². The number of hydrogen-bond donors (Lipinski definition) is 0. The summed E-state index contributed by atoms with van der Waals surface area (Å²) in [6.07, 6.45) is 0. The number of urea groups is 1. The topological polar surface area (TPSA) is 62.5 Å². The van der Waals surface area contributed by atoms with Crippen molar-refractivity contribution in [2.75, 3.05) is 51.7 Å². The summed E-state index contributed by atoms with van der Waals surface area (Å²) in [5.74, 6) is 1.10. The number of nitrogens with zero attached hydrogens (tertiary/aromatic N) is 6. The molecule has 0 radical (unpaired) electrons. The number of rotatable bonds is 5. The highest BCUT2D eigenvalue weighted by atomic mass is 35.5. The average Bonchev–Trinajstić information content (AvgIpc) is 3.19. The highest BCUT2D eigenvalue weighted by Crippen LogP contribution is 2.23. The number of fused-ring (bicyclic) bond motifs is 1. The van der Waals surface area contributed by atoms with Crippen LogP contribution in [-0.2, 0) is 11.3 Å². The second kappa shape index (κ2) is 9.43. The van der Waals surface area contributed by atoms with E-state index in [0.717, 1.165) is 48.3 Å². The normalized spacial score (nSPS) is 21.1. The molecule has 35 heavy (non-hydrogen) atoms. The summed E-state index contributed by atoms with van der Waals surface area (Å²) < 4.78 is 2.06. The van der Waals surface area contributed by atoms with Crippen molar-refractivity contribution in [3.63, 3.8) is 0 Å². The van der Waals surface area contributed by atoms with Gasteiger partial charge in [-0.3, -0.25) is 19.5 Å². The molecular formula is C26H30ClN6O2+. The fraction of sp³-hybridized carbons (Fsp3) is 0.385. The van der Waals surface area contributed by atoms with E-state index in [9.17, 15) is 9.59 Å². The molecular weight excluding hydrogens is 464 g/mol. The minimum absolute atomic E-state index is 0.236. The quantitative estimate of drug-likeness (QED) is 0.601. The summed E-state index contributed by atoms with van der Waals surface area (Å²) in [5.41, 5.74) is 3.41. The first-order valence-electron chi connectivity index (χ1n) is 11.9. The van der Waals surface area contributed by atoms with Gasteiger partial charge in [0, 0.05) is 51.0 Å². The van der Waals surface area contributed by atoms with Crippen molar-refractivity contribution in [3.8, 4) is 0 Å². The van der Waals surface area contributed by atoms with Gasteiger partial charge in [0.1, 0.15) is 13.1 Å². The lowest BCUT2D eigenvalue weighted by atomic mass is 10.1. The number of hydrogen-bond acceptors (Lipinski definition) is 5. The molecule has 0 saturated carbocycles. The molecule has 2 saturated heterocycles. The molecule has 0 aliphatic carbocycles. The van der Waals surface area contributed by atoms with Gasteiger partial charge < -0.3 is 4.90 Å². The Labute approximate surface area is 210 Å². The highest BCUT2D eigenvalue weighted by molar-refractivity contribution is 6.30. The molecule has 0 N–H and O–H groups in total. The van der Waals surface area contributed by atoms with Crippen LogP contribution in [0.4, 0.5) is 10.5 Å². The fourth-order valence-electron chi connectivity index (χ4n) is 5.00. The number of carbonyl (C=O) groups excluding carboxylic acids is 2. The number of aliphatic imine (C=N–C) groups is 1. The van der Waals surface area contributed by atoms with Crippen molar-refractivity contribution in [2.45, 2.75) is 19.5 Å². The van der Waals surface area contributed by atoms with Crippen molar-refractivity contribution in [1.82, 2.24) is 14.7 Å². The number of amidine groups is 2. The molecule has 0 bridgehead atoms. The minimum Gasteiger partial charge on any atom is -0.369 e. The number of likely N-dealkylation sites (N-methyl/N-ethyl adjacent to an activating group) is 2. The lowest BCUT2D eigenvalue weighted by Gasteiger charge is -2.35. The van der Waals surface area contributed by atoms with Crippen molar-refractivity contribution in [1.29, 1.82) is 0 Å².